The summed E-state index contributed by atoms with van der Waals surface area (Å²) in [5, 5.41) is 8.12. The second-order valence-electron chi connectivity index (χ2n) is 4.31. The van der Waals surface area contributed by atoms with E-state index in [1.54, 1.807) is 18.9 Å². The molecule has 0 amide bonds. The largest absolute Gasteiger partial charge is 0.388 e. The molecule has 0 aliphatic heterocycles. The SMILES string of the molecule is COCC(C)Cn1nnc(C(N)=S)c1C(C)OC. The Kier molecular flexibility index (Phi) is 5.64. The molecule has 0 aromatic carbocycles. The van der Waals surface area contributed by atoms with Crippen LogP contribution in [-0.4, -0.2) is 40.8 Å². The monoisotopic (exact) mass is 272 g/mol. The van der Waals surface area contributed by atoms with Crippen LogP contribution in [0.1, 0.15) is 31.3 Å². The van der Waals surface area contributed by atoms with Gasteiger partial charge < -0.3 is 15.2 Å². The fraction of sp³-hybridized carbons (Fsp3) is 0.727. The van der Waals surface area contributed by atoms with Crippen molar-refractivity contribution in [3.8, 4) is 0 Å². The van der Waals surface area contributed by atoms with Crippen LogP contribution in [0.25, 0.3) is 0 Å². The minimum Gasteiger partial charge on any atom is -0.388 e. The second-order valence-corrected chi connectivity index (χ2v) is 4.75. The van der Waals surface area contributed by atoms with E-state index in [-0.39, 0.29) is 11.1 Å². The predicted molar refractivity (Wildman–Crippen MR) is 72.4 cm³/mol. The number of nitrogens with two attached hydrogens (primary N) is 1. The summed E-state index contributed by atoms with van der Waals surface area (Å²) in [7, 11) is 3.31. The van der Waals surface area contributed by atoms with Crippen LogP contribution in [0.3, 0.4) is 0 Å². The van der Waals surface area contributed by atoms with E-state index in [1.807, 2.05) is 6.92 Å². The Morgan fingerprint density at radius 2 is 2.11 bits per heavy atom. The number of hydrogen-bond donors (Lipinski definition) is 1. The smallest absolute Gasteiger partial charge is 0.145 e. The molecule has 0 aliphatic rings. The Labute approximate surface area is 112 Å². The van der Waals surface area contributed by atoms with Crippen molar-refractivity contribution in [3.05, 3.63) is 11.4 Å². The van der Waals surface area contributed by atoms with E-state index in [4.69, 9.17) is 27.4 Å². The summed E-state index contributed by atoms with van der Waals surface area (Å²) < 4.78 is 12.2. The molecule has 1 rings (SSSR count). The van der Waals surface area contributed by atoms with Crippen LogP contribution in [-0.2, 0) is 16.0 Å². The van der Waals surface area contributed by atoms with E-state index in [0.29, 0.717) is 24.8 Å². The molecule has 0 radical (unpaired) electrons. The van der Waals surface area contributed by atoms with Crippen molar-refractivity contribution in [1.82, 2.24) is 15.0 Å². The van der Waals surface area contributed by atoms with Gasteiger partial charge in [-0.15, -0.1) is 5.10 Å². The third kappa shape index (κ3) is 3.47. The molecule has 0 aliphatic carbocycles. The molecule has 1 aromatic heterocycles. The highest BCUT2D eigenvalue weighted by molar-refractivity contribution is 7.80. The third-order valence-electron chi connectivity index (χ3n) is 2.68. The fourth-order valence-corrected chi connectivity index (χ4v) is 1.92. The second kappa shape index (κ2) is 6.77. The molecule has 7 heteroatoms. The molecule has 0 spiro atoms. The Hall–Kier alpha value is -1.05. The zero-order valence-electron chi connectivity index (χ0n) is 11.2. The first kappa shape index (κ1) is 15.0. The zero-order valence-corrected chi connectivity index (χ0v) is 12.0. The molecule has 6 nitrogen and oxygen atoms in total. The molecule has 0 bridgehead atoms. The van der Waals surface area contributed by atoms with Gasteiger partial charge in [-0.3, -0.25) is 0 Å². The van der Waals surface area contributed by atoms with Crippen molar-refractivity contribution in [3.63, 3.8) is 0 Å². The first-order valence-corrected chi connectivity index (χ1v) is 6.17. The van der Waals surface area contributed by atoms with Crippen molar-refractivity contribution >= 4 is 17.2 Å². The van der Waals surface area contributed by atoms with E-state index < -0.39 is 0 Å². The molecule has 2 unspecified atom stereocenters. The normalized spacial score (nSPS) is 14.4. The Balaban J connectivity index is 3.00. The summed E-state index contributed by atoms with van der Waals surface area (Å²) in [6.45, 7) is 5.33. The molecule has 18 heavy (non-hydrogen) atoms. The molecule has 1 heterocycles. The van der Waals surface area contributed by atoms with Gasteiger partial charge in [0.25, 0.3) is 0 Å². The summed E-state index contributed by atoms with van der Waals surface area (Å²) in [6, 6.07) is 0. The minimum absolute atomic E-state index is 0.161. The number of aromatic nitrogens is 3. The summed E-state index contributed by atoms with van der Waals surface area (Å²) in [4.78, 5) is 0.236. The van der Waals surface area contributed by atoms with Gasteiger partial charge in [0.2, 0.25) is 0 Å². The van der Waals surface area contributed by atoms with E-state index in [2.05, 4.69) is 17.2 Å². The maximum absolute atomic E-state index is 5.65. The quantitative estimate of drug-likeness (QED) is 0.743. The predicted octanol–water partition coefficient (Wildman–Crippen LogP) is 0.902. The maximum Gasteiger partial charge on any atom is 0.145 e. The zero-order chi connectivity index (χ0) is 13.7. The first-order chi connectivity index (χ1) is 8.51. The maximum atomic E-state index is 5.65. The van der Waals surface area contributed by atoms with Crippen molar-refractivity contribution in [1.29, 1.82) is 0 Å². The van der Waals surface area contributed by atoms with Gasteiger partial charge in [-0.25, -0.2) is 4.68 Å². The molecule has 2 atom stereocenters. The summed E-state index contributed by atoms with van der Waals surface area (Å²) in [5.41, 5.74) is 6.99. The van der Waals surface area contributed by atoms with Crippen molar-refractivity contribution in [2.45, 2.75) is 26.5 Å². The van der Waals surface area contributed by atoms with E-state index in [0.717, 1.165) is 5.69 Å². The van der Waals surface area contributed by atoms with Crippen LogP contribution >= 0.6 is 12.2 Å². The van der Waals surface area contributed by atoms with Crippen LogP contribution in [0, 0.1) is 5.92 Å². The van der Waals surface area contributed by atoms with Crippen LogP contribution in [0.2, 0.25) is 0 Å². The average Bonchev–Trinajstić information content (AvgIpc) is 2.72. The number of nitrogens with zero attached hydrogens (tertiary/aromatic N) is 3. The van der Waals surface area contributed by atoms with Crippen LogP contribution in [0.15, 0.2) is 0 Å². The third-order valence-corrected chi connectivity index (χ3v) is 2.87. The van der Waals surface area contributed by atoms with Gasteiger partial charge in [0, 0.05) is 20.8 Å². The number of rotatable bonds is 7. The lowest BCUT2D eigenvalue weighted by Crippen LogP contribution is -2.20. The molecule has 1 aromatic rings. The molecule has 0 saturated carbocycles. The molecular weight excluding hydrogens is 252 g/mol. The molecule has 102 valence electrons. The van der Waals surface area contributed by atoms with E-state index in [1.165, 1.54) is 0 Å². The lowest BCUT2D eigenvalue weighted by Gasteiger charge is -2.16. The minimum atomic E-state index is -0.161. The average molecular weight is 272 g/mol. The van der Waals surface area contributed by atoms with Gasteiger partial charge in [-0.05, 0) is 12.8 Å². The van der Waals surface area contributed by atoms with E-state index >= 15 is 0 Å². The summed E-state index contributed by atoms with van der Waals surface area (Å²) in [6.07, 6.45) is -0.161. The Morgan fingerprint density at radius 1 is 1.44 bits per heavy atom. The first-order valence-electron chi connectivity index (χ1n) is 5.76. The number of methoxy groups -OCH3 is 2. The number of thiocarbonyl (C=S) groups is 1. The van der Waals surface area contributed by atoms with Crippen molar-refractivity contribution < 1.29 is 9.47 Å². The summed E-state index contributed by atoms with van der Waals surface area (Å²) >= 11 is 4.98. The number of hydrogen-bond acceptors (Lipinski definition) is 5. The van der Waals surface area contributed by atoms with Crippen molar-refractivity contribution in [2.24, 2.45) is 11.7 Å². The van der Waals surface area contributed by atoms with Gasteiger partial charge in [0.1, 0.15) is 10.7 Å². The molecular formula is C11H20N4O2S. The van der Waals surface area contributed by atoms with Crippen LogP contribution in [0.5, 0.6) is 0 Å². The Morgan fingerprint density at radius 3 is 2.61 bits per heavy atom. The number of ether oxygens (including phenoxy) is 2. The summed E-state index contributed by atoms with van der Waals surface area (Å²) in [5.74, 6) is 0.318. The van der Waals surface area contributed by atoms with Gasteiger partial charge in [0.15, 0.2) is 0 Å². The van der Waals surface area contributed by atoms with Crippen molar-refractivity contribution in [2.75, 3.05) is 20.8 Å². The fourth-order valence-electron chi connectivity index (χ4n) is 1.78. The molecule has 2 N–H and O–H groups in total. The Bertz CT molecular complexity index is 408. The van der Waals surface area contributed by atoms with Gasteiger partial charge in [0.05, 0.1) is 18.4 Å². The standard InChI is InChI=1S/C11H20N4O2S/c1-7(6-16-3)5-15-10(8(2)17-4)9(11(12)18)13-14-15/h7-8H,5-6H2,1-4H3,(H2,12,18). The van der Waals surface area contributed by atoms with Crippen LogP contribution < -0.4 is 5.73 Å². The van der Waals surface area contributed by atoms with Gasteiger partial charge >= 0.3 is 0 Å². The molecule has 0 fully saturated rings. The lowest BCUT2D eigenvalue weighted by atomic mass is 10.1. The van der Waals surface area contributed by atoms with E-state index in [9.17, 15) is 0 Å². The highest BCUT2D eigenvalue weighted by atomic mass is 32.1. The van der Waals surface area contributed by atoms with Crippen LogP contribution in [0.4, 0.5) is 0 Å². The highest BCUT2D eigenvalue weighted by Crippen LogP contribution is 2.19. The van der Waals surface area contributed by atoms with Gasteiger partial charge in [-0.2, -0.15) is 0 Å². The van der Waals surface area contributed by atoms with Gasteiger partial charge in [-0.1, -0.05) is 24.4 Å². The topological polar surface area (TPSA) is 75.2 Å². The lowest BCUT2D eigenvalue weighted by molar-refractivity contribution is 0.106. The highest BCUT2D eigenvalue weighted by Gasteiger charge is 2.21. The molecule has 0 saturated heterocycles.